The summed E-state index contributed by atoms with van der Waals surface area (Å²) >= 11 is 6.04. The van der Waals surface area contributed by atoms with Crippen LogP contribution in [-0.4, -0.2) is 14.8 Å². The van der Waals surface area contributed by atoms with Crippen LogP contribution in [0.1, 0.15) is 16.8 Å². The average Bonchev–Trinajstić information content (AvgIpc) is 2.63. The van der Waals surface area contributed by atoms with Crippen molar-refractivity contribution >= 4 is 11.6 Å². The molecule has 2 N–H and O–H groups in total. The molecule has 0 unspecified atom stereocenters. The molecule has 0 radical (unpaired) electrons. The van der Waals surface area contributed by atoms with Gasteiger partial charge in [0.1, 0.15) is 0 Å². The maximum atomic E-state index is 6.04. The Morgan fingerprint density at radius 2 is 2.19 bits per heavy atom. The zero-order valence-electron chi connectivity index (χ0n) is 9.02. The Hall–Kier alpha value is -1.39. The standard InChI is InChI=1S/C11H13ClN4/c1-8-10(4-13)5-15-16(8)7-9-2-3-14-6-11(9)12/h2-3,5-6H,4,7,13H2,1H3. The van der Waals surface area contributed by atoms with Crippen LogP contribution in [0.25, 0.3) is 0 Å². The fourth-order valence-corrected chi connectivity index (χ4v) is 1.72. The quantitative estimate of drug-likeness (QED) is 0.883. The van der Waals surface area contributed by atoms with E-state index in [1.54, 1.807) is 18.6 Å². The van der Waals surface area contributed by atoms with Gasteiger partial charge in [-0.3, -0.25) is 9.67 Å². The third-order valence-electron chi connectivity index (χ3n) is 2.60. The number of aromatic nitrogens is 3. The third kappa shape index (κ3) is 2.08. The highest BCUT2D eigenvalue weighted by Crippen LogP contribution is 2.16. The van der Waals surface area contributed by atoms with Crippen molar-refractivity contribution in [3.63, 3.8) is 0 Å². The van der Waals surface area contributed by atoms with Gasteiger partial charge in [0.25, 0.3) is 0 Å². The molecule has 84 valence electrons. The largest absolute Gasteiger partial charge is 0.326 e. The third-order valence-corrected chi connectivity index (χ3v) is 2.94. The van der Waals surface area contributed by atoms with Gasteiger partial charge in [0.05, 0.1) is 17.8 Å². The number of hydrogen-bond acceptors (Lipinski definition) is 3. The second-order valence-electron chi connectivity index (χ2n) is 3.58. The van der Waals surface area contributed by atoms with E-state index in [0.29, 0.717) is 18.1 Å². The van der Waals surface area contributed by atoms with Crippen molar-refractivity contribution < 1.29 is 0 Å². The normalized spacial score (nSPS) is 10.7. The minimum Gasteiger partial charge on any atom is -0.326 e. The van der Waals surface area contributed by atoms with Gasteiger partial charge in [-0.05, 0) is 18.6 Å². The summed E-state index contributed by atoms with van der Waals surface area (Å²) in [6.07, 6.45) is 5.16. The summed E-state index contributed by atoms with van der Waals surface area (Å²) in [4.78, 5) is 3.95. The minimum atomic E-state index is 0.510. The van der Waals surface area contributed by atoms with Crippen LogP contribution in [0, 0.1) is 6.92 Å². The highest BCUT2D eigenvalue weighted by atomic mass is 35.5. The summed E-state index contributed by atoms with van der Waals surface area (Å²) < 4.78 is 1.89. The average molecular weight is 237 g/mol. The van der Waals surface area contributed by atoms with Crippen LogP contribution < -0.4 is 5.73 Å². The molecule has 0 saturated heterocycles. The predicted octanol–water partition coefficient (Wildman–Crippen LogP) is 1.75. The summed E-state index contributed by atoms with van der Waals surface area (Å²) in [5.74, 6) is 0. The van der Waals surface area contributed by atoms with Gasteiger partial charge in [0.15, 0.2) is 0 Å². The van der Waals surface area contributed by atoms with E-state index in [2.05, 4.69) is 10.1 Å². The Morgan fingerprint density at radius 1 is 1.38 bits per heavy atom. The number of halogens is 1. The molecule has 5 heteroatoms. The first-order chi connectivity index (χ1) is 7.72. The molecule has 2 aromatic rings. The Balaban J connectivity index is 2.27. The number of nitrogens with two attached hydrogens (primary N) is 1. The fraction of sp³-hybridized carbons (Fsp3) is 0.273. The minimum absolute atomic E-state index is 0.510. The van der Waals surface area contributed by atoms with E-state index in [1.807, 2.05) is 17.7 Å². The molecule has 0 aromatic carbocycles. The molecule has 2 rings (SSSR count). The molecule has 4 nitrogen and oxygen atoms in total. The SMILES string of the molecule is Cc1c(CN)cnn1Cc1ccncc1Cl. The van der Waals surface area contributed by atoms with E-state index in [0.717, 1.165) is 16.8 Å². The highest BCUT2D eigenvalue weighted by Gasteiger charge is 2.07. The fourth-order valence-electron chi connectivity index (χ4n) is 1.54. The van der Waals surface area contributed by atoms with Crippen molar-refractivity contribution in [2.24, 2.45) is 5.73 Å². The first-order valence-corrected chi connectivity index (χ1v) is 5.40. The molecule has 0 atom stereocenters. The molecule has 0 fully saturated rings. The van der Waals surface area contributed by atoms with Gasteiger partial charge in [-0.25, -0.2) is 0 Å². The Bertz CT molecular complexity index is 492. The first kappa shape index (κ1) is 11.1. The van der Waals surface area contributed by atoms with Crippen molar-refractivity contribution in [1.29, 1.82) is 0 Å². The van der Waals surface area contributed by atoms with Crippen LogP contribution in [0.3, 0.4) is 0 Å². The van der Waals surface area contributed by atoms with Crippen LogP contribution in [0.5, 0.6) is 0 Å². The summed E-state index contributed by atoms with van der Waals surface area (Å²) in [5, 5.41) is 4.94. The molecule has 0 saturated carbocycles. The maximum Gasteiger partial charge on any atom is 0.0678 e. The highest BCUT2D eigenvalue weighted by molar-refractivity contribution is 6.31. The second-order valence-corrected chi connectivity index (χ2v) is 3.99. The molecule has 0 aliphatic rings. The molecule has 0 spiro atoms. The van der Waals surface area contributed by atoms with E-state index < -0.39 is 0 Å². The van der Waals surface area contributed by atoms with Crippen molar-refractivity contribution in [3.8, 4) is 0 Å². The lowest BCUT2D eigenvalue weighted by atomic mass is 10.2. The molecular formula is C11H13ClN4. The monoisotopic (exact) mass is 236 g/mol. The smallest absolute Gasteiger partial charge is 0.0678 e. The van der Waals surface area contributed by atoms with Gasteiger partial charge >= 0.3 is 0 Å². The van der Waals surface area contributed by atoms with Crippen LogP contribution in [-0.2, 0) is 13.1 Å². The van der Waals surface area contributed by atoms with Crippen LogP contribution in [0.4, 0.5) is 0 Å². The summed E-state index contributed by atoms with van der Waals surface area (Å²) in [6, 6.07) is 1.89. The van der Waals surface area contributed by atoms with E-state index in [4.69, 9.17) is 17.3 Å². The molecule has 0 amide bonds. The van der Waals surface area contributed by atoms with Crippen LogP contribution in [0.2, 0.25) is 5.02 Å². The Labute approximate surface area is 99.1 Å². The van der Waals surface area contributed by atoms with Crippen LogP contribution in [0.15, 0.2) is 24.7 Å². The van der Waals surface area contributed by atoms with Gasteiger partial charge < -0.3 is 5.73 Å². The number of pyridine rings is 1. The molecular weight excluding hydrogens is 224 g/mol. The lowest BCUT2D eigenvalue weighted by molar-refractivity contribution is 0.663. The zero-order valence-corrected chi connectivity index (χ0v) is 9.78. The van der Waals surface area contributed by atoms with Gasteiger partial charge in [-0.2, -0.15) is 5.10 Å². The Morgan fingerprint density at radius 3 is 2.81 bits per heavy atom. The molecule has 16 heavy (non-hydrogen) atoms. The van der Waals surface area contributed by atoms with Crippen molar-refractivity contribution in [2.45, 2.75) is 20.0 Å². The van der Waals surface area contributed by atoms with E-state index >= 15 is 0 Å². The van der Waals surface area contributed by atoms with Gasteiger partial charge in [-0.1, -0.05) is 11.6 Å². The Kier molecular flexibility index (Phi) is 3.22. The van der Waals surface area contributed by atoms with Gasteiger partial charge in [0.2, 0.25) is 0 Å². The van der Waals surface area contributed by atoms with E-state index in [1.165, 1.54) is 0 Å². The lowest BCUT2D eigenvalue weighted by Crippen LogP contribution is -2.06. The van der Waals surface area contributed by atoms with Gasteiger partial charge in [-0.15, -0.1) is 0 Å². The van der Waals surface area contributed by atoms with Crippen molar-refractivity contribution in [1.82, 2.24) is 14.8 Å². The van der Waals surface area contributed by atoms with E-state index in [9.17, 15) is 0 Å². The number of nitrogens with zero attached hydrogens (tertiary/aromatic N) is 3. The first-order valence-electron chi connectivity index (χ1n) is 5.02. The molecule has 0 bridgehead atoms. The van der Waals surface area contributed by atoms with Crippen LogP contribution >= 0.6 is 11.6 Å². The molecule has 2 heterocycles. The summed E-state index contributed by atoms with van der Waals surface area (Å²) in [7, 11) is 0. The van der Waals surface area contributed by atoms with E-state index in [-0.39, 0.29) is 0 Å². The maximum absolute atomic E-state index is 6.04. The molecule has 0 aliphatic carbocycles. The number of rotatable bonds is 3. The van der Waals surface area contributed by atoms with Gasteiger partial charge in [0, 0.05) is 30.2 Å². The second kappa shape index (κ2) is 4.63. The summed E-state index contributed by atoms with van der Waals surface area (Å²) in [6.45, 7) is 3.16. The number of hydrogen-bond donors (Lipinski definition) is 1. The molecule has 0 aliphatic heterocycles. The van der Waals surface area contributed by atoms with Crippen molar-refractivity contribution in [3.05, 3.63) is 46.5 Å². The van der Waals surface area contributed by atoms with Crippen molar-refractivity contribution in [2.75, 3.05) is 0 Å². The lowest BCUT2D eigenvalue weighted by Gasteiger charge is -2.06. The zero-order chi connectivity index (χ0) is 11.5. The summed E-state index contributed by atoms with van der Waals surface area (Å²) in [5.41, 5.74) is 8.74. The topological polar surface area (TPSA) is 56.7 Å². The molecule has 2 aromatic heterocycles. The predicted molar refractivity (Wildman–Crippen MR) is 63.2 cm³/mol.